The molecule has 1 N–H and O–H groups in total. The van der Waals surface area contributed by atoms with Crippen molar-refractivity contribution in [2.45, 2.75) is 25.4 Å². The summed E-state index contributed by atoms with van der Waals surface area (Å²) < 4.78 is 5.93. The molecule has 0 aromatic heterocycles. The second kappa shape index (κ2) is 4.42. The van der Waals surface area contributed by atoms with Crippen LogP contribution in [-0.2, 0) is 12.8 Å². The molecule has 15 heavy (non-hydrogen) atoms. The number of hydrogen-bond acceptors (Lipinski definition) is 2. The van der Waals surface area contributed by atoms with Crippen molar-refractivity contribution in [3.05, 3.63) is 29.3 Å². The van der Waals surface area contributed by atoms with Crippen molar-refractivity contribution in [2.75, 3.05) is 13.1 Å². The molecular formula is C12H16ClNO. The van der Waals surface area contributed by atoms with E-state index in [-0.39, 0.29) is 12.4 Å². The summed E-state index contributed by atoms with van der Waals surface area (Å²) in [6.45, 7) is 2.01. The highest BCUT2D eigenvalue weighted by Crippen LogP contribution is 2.31. The minimum absolute atomic E-state index is 0. The van der Waals surface area contributed by atoms with Gasteiger partial charge in [0.25, 0.3) is 0 Å². The fourth-order valence-corrected chi connectivity index (χ4v) is 2.22. The van der Waals surface area contributed by atoms with Gasteiger partial charge in [0.05, 0.1) is 0 Å². The van der Waals surface area contributed by atoms with Crippen molar-refractivity contribution >= 4 is 12.4 Å². The van der Waals surface area contributed by atoms with Crippen molar-refractivity contribution < 1.29 is 4.74 Å². The fraction of sp³-hybridized carbons (Fsp3) is 0.500. The van der Waals surface area contributed by atoms with Gasteiger partial charge in [0.2, 0.25) is 0 Å². The van der Waals surface area contributed by atoms with E-state index in [1.165, 1.54) is 30.4 Å². The molecule has 0 unspecified atom stereocenters. The zero-order valence-electron chi connectivity index (χ0n) is 8.66. The van der Waals surface area contributed by atoms with Crippen LogP contribution in [0.1, 0.15) is 17.5 Å². The molecule has 1 heterocycles. The van der Waals surface area contributed by atoms with E-state index in [0.717, 1.165) is 18.8 Å². The highest BCUT2D eigenvalue weighted by molar-refractivity contribution is 5.85. The monoisotopic (exact) mass is 225 g/mol. The van der Waals surface area contributed by atoms with Gasteiger partial charge in [-0.15, -0.1) is 12.4 Å². The quantitative estimate of drug-likeness (QED) is 0.831. The van der Waals surface area contributed by atoms with Crippen LogP contribution in [0, 0.1) is 0 Å². The van der Waals surface area contributed by atoms with Gasteiger partial charge in [0, 0.05) is 13.1 Å². The van der Waals surface area contributed by atoms with E-state index in [4.69, 9.17) is 4.74 Å². The third-order valence-corrected chi connectivity index (χ3v) is 3.14. The molecule has 2 nitrogen and oxygen atoms in total. The number of halogens is 1. The maximum atomic E-state index is 5.93. The van der Waals surface area contributed by atoms with Gasteiger partial charge >= 0.3 is 0 Å². The Morgan fingerprint density at radius 2 is 2.07 bits per heavy atom. The van der Waals surface area contributed by atoms with Crippen LogP contribution in [0.4, 0.5) is 0 Å². The Labute approximate surface area is 96.4 Å². The van der Waals surface area contributed by atoms with Crippen LogP contribution in [0.2, 0.25) is 0 Å². The Balaban J connectivity index is 0.000000853. The van der Waals surface area contributed by atoms with Crippen molar-refractivity contribution in [3.8, 4) is 5.75 Å². The molecule has 0 amide bonds. The summed E-state index contributed by atoms with van der Waals surface area (Å²) in [7, 11) is 0. The molecule has 1 aliphatic heterocycles. The smallest absolute Gasteiger partial charge is 0.123 e. The zero-order chi connectivity index (χ0) is 9.38. The minimum Gasteiger partial charge on any atom is -0.487 e. The predicted molar refractivity (Wildman–Crippen MR) is 63.0 cm³/mol. The van der Waals surface area contributed by atoms with Crippen LogP contribution in [-0.4, -0.2) is 19.2 Å². The maximum Gasteiger partial charge on any atom is 0.123 e. The first-order chi connectivity index (χ1) is 6.93. The highest BCUT2D eigenvalue weighted by Gasteiger charge is 2.21. The van der Waals surface area contributed by atoms with E-state index in [0.29, 0.717) is 6.10 Å². The number of rotatable bonds is 2. The average Bonchev–Trinajstić information content (AvgIpc) is 2.59. The summed E-state index contributed by atoms with van der Waals surface area (Å²) in [6.07, 6.45) is 4.13. The molecular weight excluding hydrogens is 210 g/mol. The summed E-state index contributed by atoms with van der Waals surface area (Å²) in [4.78, 5) is 0. The summed E-state index contributed by atoms with van der Waals surface area (Å²) in [6, 6.07) is 6.46. The van der Waals surface area contributed by atoms with Crippen molar-refractivity contribution in [1.29, 1.82) is 0 Å². The summed E-state index contributed by atoms with van der Waals surface area (Å²) in [5.74, 6) is 1.13. The third-order valence-electron chi connectivity index (χ3n) is 3.14. The predicted octanol–water partition coefficient (Wildman–Crippen LogP) is 1.95. The van der Waals surface area contributed by atoms with Gasteiger partial charge in [0.1, 0.15) is 11.9 Å². The Morgan fingerprint density at radius 1 is 1.20 bits per heavy atom. The number of fused-ring (bicyclic) bond motifs is 1. The van der Waals surface area contributed by atoms with Gasteiger partial charge in [0.15, 0.2) is 0 Å². The molecule has 1 aromatic carbocycles. The minimum atomic E-state index is 0. The number of nitrogens with one attached hydrogen (secondary N) is 1. The van der Waals surface area contributed by atoms with E-state index < -0.39 is 0 Å². The van der Waals surface area contributed by atoms with Crippen LogP contribution in [0.5, 0.6) is 5.75 Å². The first kappa shape index (κ1) is 10.8. The van der Waals surface area contributed by atoms with E-state index in [1.807, 2.05) is 0 Å². The van der Waals surface area contributed by atoms with E-state index >= 15 is 0 Å². The van der Waals surface area contributed by atoms with E-state index in [9.17, 15) is 0 Å². The largest absolute Gasteiger partial charge is 0.487 e. The fourth-order valence-electron chi connectivity index (χ4n) is 2.22. The maximum absolute atomic E-state index is 5.93. The summed E-state index contributed by atoms with van der Waals surface area (Å²) >= 11 is 0. The molecule has 1 fully saturated rings. The molecule has 0 radical (unpaired) electrons. The van der Waals surface area contributed by atoms with Gasteiger partial charge in [-0.3, -0.25) is 0 Å². The Kier molecular flexibility index (Phi) is 3.17. The number of aryl methyl sites for hydroxylation is 1. The molecule has 1 saturated heterocycles. The third kappa shape index (κ3) is 1.97. The normalized spacial score (nSPS) is 18.9. The molecule has 0 atom stereocenters. The SMILES string of the molecule is Cl.c1cc2c(c(OC3CNC3)c1)CCC2. The highest BCUT2D eigenvalue weighted by atomic mass is 35.5. The van der Waals surface area contributed by atoms with E-state index in [2.05, 4.69) is 23.5 Å². The van der Waals surface area contributed by atoms with Crippen LogP contribution in [0.3, 0.4) is 0 Å². The Morgan fingerprint density at radius 3 is 2.80 bits per heavy atom. The van der Waals surface area contributed by atoms with Crippen LogP contribution >= 0.6 is 12.4 Å². The molecule has 82 valence electrons. The molecule has 0 spiro atoms. The zero-order valence-corrected chi connectivity index (χ0v) is 9.48. The lowest BCUT2D eigenvalue weighted by Gasteiger charge is -2.28. The van der Waals surface area contributed by atoms with Crippen molar-refractivity contribution in [2.24, 2.45) is 0 Å². The summed E-state index contributed by atoms with van der Waals surface area (Å²) in [5, 5.41) is 3.22. The second-order valence-electron chi connectivity index (χ2n) is 4.15. The standard InChI is InChI=1S/C12H15NO.ClH/c1-3-9-4-2-6-12(11(9)5-1)14-10-7-13-8-10;/h2,4,6,10,13H,1,3,5,7-8H2;1H. The molecule has 1 aliphatic carbocycles. The van der Waals surface area contributed by atoms with Crippen LogP contribution < -0.4 is 10.1 Å². The van der Waals surface area contributed by atoms with Gasteiger partial charge in [-0.25, -0.2) is 0 Å². The molecule has 2 aliphatic rings. The Bertz CT molecular complexity index is 349. The first-order valence-electron chi connectivity index (χ1n) is 5.41. The lowest BCUT2D eigenvalue weighted by molar-refractivity contribution is 0.141. The molecule has 3 rings (SSSR count). The van der Waals surface area contributed by atoms with Crippen LogP contribution in [0.15, 0.2) is 18.2 Å². The van der Waals surface area contributed by atoms with Gasteiger partial charge in [-0.1, -0.05) is 12.1 Å². The molecule has 0 bridgehead atoms. The van der Waals surface area contributed by atoms with Gasteiger partial charge in [-0.2, -0.15) is 0 Å². The average molecular weight is 226 g/mol. The molecule has 1 aromatic rings. The van der Waals surface area contributed by atoms with Gasteiger partial charge in [-0.05, 0) is 36.5 Å². The lowest BCUT2D eigenvalue weighted by atomic mass is 10.1. The number of ether oxygens (including phenoxy) is 1. The first-order valence-corrected chi connectivity index (χ1v) is 5.41. The second-order valence-corrected chi connectivity index (χ2v) is 4.15. The number of hydrogen-bond donors (Lipinski definition) is 1. The lowest BCUT2D eigenvalue weighted by Crippen LogP contribution is -2.50. The topological polar surface area (TPSA) is 21.3 Å². The van der Waals surface area contributed by atoms with Crippen molar-refractivity contribution in [1.82, 2.24) is 5.32 Å². The molecule has 0 saturated carbocycles. The van der Waals surface area contributed by atoms with Gasteiger partial charge < -0.3 is 10.1 Å². The van der Waals surface area contributed by atoms with Crippen LogP contribution in [0.25, 0.3) is 0 Å². The summed E-state index contributed by atoms with van der Waals surface area (Å²) in [5.41, 5.74) is 2.95. The number of benzene rings is 1. The van der Waals surface area contributed by atoms with Crippen molar-refractivity contribution in [3.63, 3.8) is 0 Å². The van der Waals surface area contributed by atoms with E-state index in [1.54, 1.807) is 0 Å². The molecule has 3 heteroatoms. The Hall–Kier alpha value is -0.730.